The molecule has 0 amide bonds. The molecule has 0 spiro atoms. The number of nitrogens with two attached hydrogens (primary N) is 1. The van der Waals surface area contributed by atoms with Crippen LogP contribution < -0.4 is 5.73 Å². The van der Waals surface area contributed by atoms with Crippen LogP contribution >= 0.6 is 0 Å². The van der Waals surface area contributed by atoms with Crippen molar-refractivity contribution >= 4 is 0 Å². The molecule has 146 valence electrons. The van der Waals surface area contributed by atoms with Gasteiger partial charge in [-0.3, -0.25) is 0 Å². The highest BCUT2D eigenvalue weighted by Gasteiger charge is 2.25. The molecule has 4 rings (SSSR count). The zero-order valence-electron chi connectivity index (χ0n) is 16.0. The first-order valence-corrected chi connectivity index (χ1v) is 10.1. The van der Waals surface area contributed by atoms with E-state index in [-0.39, 0.29) is 11.6 Å². The highest BCUT2D eigenvalue weighted by atomic mass is 19.1. The molecule has 1 saturated carbocycles. The fourth-order valence-corrected chi connectivity index (χ4v) is 4.33. The van der Waals surface area contributed by atoms with Gasteiger partial charge in [-0.1, -0.05) is 49.6 Å². The largest absolute Gasteiger partial charge is 0.345 e. The molecule has 0 aliphatic heterocycles. The monoisotopic (exact) mass is 380 g/mol. The van der Waals surface area contributed by atoms with E-state index in [4.69, 9.17) is 5.73 Å². The molecule has 0 saturated heterocycles. The van der Waals surface area contributed by atoms with Crippen molar-refractivity contribution < 1.29 is 8.78 Å². The van der Waals surface area contributed by atoms with E-state index in [0.29, 0.717) is 18.0 Å². The molecule has 1 aliphatic carbocycles. The van der Waals surface area contributed by atoms with E-state index in [1.165, 1.54) is 31.4 Å². The minimum atomic E-state index is -0.440. The van der Waals surface area contributed by atoms with Gasteiger partial charge in [-0.05, 0) is 48.6 Å². The van der Waals surface area contributed by atoms with E-state index < -0.39 is 11.6 Å². The lowest BCUT2D eigenvalue weighted by Crippen LogP contribution is -2.26. The number of aromatic nitrogens is 1. The zero-order valence-corrected chi connectivity index (χ0v) is 16.0. The summed E-state index contributed by atoms with van der Waals surface area (Å²) in [6.07, 6.45) is 7.85. The Kier molecular flexibility index (Phi) is 5.58. The Balaban J connectivity index is 1.73. The van der Waals surface area contributed by atoms with Crippen LogP contribution in [0.25, 0.3) is 11.1 Å². The van der Waals surface area contributed by atoms with Crippen LogP contribution in [0.3, 0.4) is 0 Å². The van der Waals surface area contributed by atoms with Crippen LogP contribution in [0.5, 0.6) is 0 Å². The SMILES string of the molecule is NC(c1cc(-c2cc(F)ccc2F)cn1Cc1ccccc1)C1CCCCC1. The van der Waals surface area contributed by atoms with Crippen LogP contribution in [0.1, 0.15) is 49.4 Å². The fraction of sp³-hybridized carbons (Fsp3) is 0.333. The summed E-state index contributed by atoms with van der Waals surface area (Å²) in [6, 6.07) is 15.6. The van der Waals surface area contributed by atoms with Gasteiger partial charge in [-0.25, -0.2) is 8.78 Å². The molecule has 2 nitrogen and oxygen atoms in total. The Morgan fingerprint density at radius 3 is 2.46 bits per heavy atom. The second kappa shape index (κ2) is 8.27. The lowest BCUT2D eigenvalue weighted by molar-refractivity contribution is 0.301. The summed E-state index contributed by atoms with van der Waals surface area (Å²) in [5, 5.41) is 0. The van der Waals surface area contributed by atoms with Crippen molar-refractivity contribution in [1.29, 1.82) is 0 Å². The minimum absolute atomic E-state index is 0.102. The predicted molar refractivity (Wildman–Crippen MR) is 109 cm³/mol. The summed E-state index contributed by atoms with van der Waals surface area (Å²) in [6.45, 7) is 0.660. The Morgan fingerprint density at radius 1 is 0.964 bits per heavy atom. The van der Waals surface area contributed by atoms with E-state index in [1.807, 2.05) is 30.5 Å². The lowest BCUT2D eigenvalue weighted by atomic mass is 9.83. The Labute approximate surface area is 165 Å². The molecule has 1 fully saturated rings. The van der Waals surface area contributed by atoms with Gasteiger partial charge in [-0.15, -0.1) is 0 Å². The number of nitrogens with zero attached hydrogens (tertiary/aromatic N) is 1. The number of hydrogen-bond acceptors (Lipinski definition) is 1. The smallest absolute Gasteiger partial charge is 0.131 e. The molecule has 4 heteroatoms. The van der Waals surface area contributed by atoms with Crippen LogP contribution in [0.2, 0.25) is 0 Å². The summed E-state index contributed by atoms with van der Waals surface area (Å²) in [5.74, 6) is -0.426. The molecule has 28 heavy (non-hydrogen) atoms. The summed E-state index contributed by atoms with van der Waals surface area (Å²) in [5.41, 5.74) is 9.80. The predicted octanol–water partition coefficient (Wildman–Crippen LogP) is 6.06. The minimum Gasteiger partial charge on any atom is -0.345 e. The summed E-state index contributed by atoms with van der Waals surface area (Å²) < 4.78 is 30.2. The summed E-state index contributed by atoms with van der Waals surface area (Å²) in [4.78, 5) is 0. The van der Waals surface area contributed by atoms with Gasteiger partial charge in [0.1, 0.15) is 11.6 Å². The molecular formula is C24H26F2N2. The highest BCUT2D eigenvalue weighted by molar-refractivity contribution is 5.65. The first-order valence-electron chi connectivity index (χ1n) is 10.1. The van der Waals surface area contributed by atoms with Gasteiger partial charge >= 0.3 is 0 Å². The molecule has 2 aromatic carbocycles. The third kappa shape index (κ3) is 4.02. The first-order chi connectivity index (χ1) is 13.6. The molecule has 1 heterocycles. The molecule has 1 aliphatic rings. The van der Waals surface area contributed by atoms with Gasteiger partial charge in [0.25, 0.3) is 0 Å². The second-order valence-electron chi connectivity index (χ2n) is 7.82. The van der Waals surface area contributed by atoms with Crippen molar-refractivity contribution in [3.63, 3.8) is 0 Å². The molecule has 1 aromatic heterocycles. The highest BCUT2D eigenvalue weighted by Crippen LogP contribution is 2.36. The van der Waals surface area contributed by atoms with E-state index in [2.05, 4.69) is 16.7 Å². The molecule has 3 aromatic rings. The maximum atomic E-state index is 14.4. The van der Waals surface area contributed by atoms with Gasteiger partial charge in [0.2, 0.25) is 0 Å². The summed E-state index contributed by atoms with van der Waals surface area (Å²) in [7, 11) is 0. The Morgan fingerprint density at radius 2 is 1.71 bits per heavy atom. The van der Waals surface area contributed by atoms with Crippen LogP contribution in [-0.2, 0) is 6.54 Å². The van der Waals surface area contributed by atoms with Crippen LogP contribution in [0.15, 0.2) is 60.8 Å². The zero-order chi connectivity index (χ0) is 19.5. The number of benzene rings is 2. The number of hydrogen-bond donors (Lipinski definition) is 1. The second-order valence-corrected chi connectivity index (χ2v) is 7.82. The van der Waals surface area contributed by atoms with Crippen LogP contribution in [-0.4, -0.2) is 4.57 Å². The van der Waals surface area contributed by atoms with E-state index >= 15 is 0 Å². The molecule has 0 bridgehead atoms. The van der Waals surface area contributed by atoms with Crippen molar-refractivity contribution in [2.75, 3.05) is 0 Å². The molecule has 2 N–H and O–H groups in total. The topological polar surface area (TPSA) is 30.9 Å². The van der Waals surface area contributed by atoms with Gasteiger partial charge in [0.15, 0.2) is 0 Å². The molecule has 1 unspecified atom stereocenters. The standard InChI is InChI=1S/C24H26F2N2/c25-20-11-12-22(26)21(14-20)19-13-23(24(27)18-9-5-2-6-10-18)28(16-19)15-17-7-3-1-4-8-17/h1,3-4,7-8,11-14,16,18,24H,2,5-6,9-10,15,27H2. The maximum absolute atomic E-state index is 14.4. The van der Waals surface area contributed by atoms with E-state index in [1.54, 1.807) is 0 Å². The first kappa shape index (κ1) is 18.9. The molecule has 1 atom stereocenters. The number of halogens is 2. The Hall–Kier alpha value is -2.46. The van der Waals surface area contributed by atoms with Gasteiger partial charge < -0.3 is 10.3 Å². The van der Waals surface area contributed by atoms with Crippen molar-refractivity contribution in [3.8, 4) is 11.1 Å². The van der Waals surface area contributed by atoms with Gasteiger partial charge in [0, 0.05) is 35.6 Å². The maximum Gasteiger partial charge on any atom is 0.131 e. The van der Waals surface area contributed by atoms with Crippen molar-refractivity contribution in [3.05, 3.63) is 83.7 Å². The van der Waals surface area contributed by atoms with Crippen LogP contribution in [0.4, 0.5) is 8.78 Å². The summed E-state index contributed by atoms with van der Waals surface area (Å²) >= 11 is 0. The van der Waals surface area contributed by atoms with Gasteiger partial charge in [-0.2, -0.15) is 0 Å². The normalized spacial score (nSPS) is 16.2. The molecule has 0 radical (unpaired) electrons. The fourth-order valence-electron chi connectivity index (χ4n) is 4.33. The third-order valence-electron chi connectivity index (χ3n) is 5.86. The third-order valence-corrected chi connectivity index (χ3v) is 5.86. The van der Waals surface area contributed by atoms with E-state index in [9.17, 15) is 8.78 Å². The van der Waals surface area contributed by atoms with Gasteiger partial charge in [0.05, 0.1) is 0 Å². The quantitative estimate of drug-likeness (QED) is 0.573. The van der Waals surface area contributed by atoms with Crippen molar-refractivity contribution in [2.45, 2.75) is 44.7 Å². The van der Waals surface area contributed by atoms with Crippen molar-refractivity contribution in [2.24, 2.45) is 11.7 Å². The van der Waals surface area contributed by atoms with Crippen LogP contribution in [0, 0.1) is 17.6 Å². The lowest BCUT2D eigenvalue weighted by Gasteiger charge is -2.28. The average molecular weight is 380 g/mol. The Bertz CT molecular complexity index is 927. The number of rotatable bonds is 5. The van der Waals surface area contributed by atoms with Crippen molar-refractivity contribution in [1.82, 2.24) is 4.57 Å². The van der Waals surface area contributed by atoms with E-state index in [0.717, 1.165) is 30.2 Å². The molecular weight excluding hydrogens is 354 g/mol. The average Bonchev–Trinajstić information content (AvgIpc) is 3.14.